The van der Waals surface area contributed by atoms with Crippen molar-refractivity contribution in [3.05, 3.63) is 95.8 Å². The van der Waals surface area contributed by atoms with Crippen LogP contribution < -0.4 is 4.72 Å². The summed E-state index contributed by atoms with van der Waals surface area (Å²) in [7, 11) is -4.07. The van der Waals surface area contributed by atoms with Crippen molar-refractivity contribution in [3.63, 3.8) is 0 Å². The quantitative estimate of drug-likeness (QED) is 0.454. The Labute approximate surface area is 173 Å². The number of para-hydroxylation sites is 1. The van der Waals surface area contributed by atoms with Gasteiger partial charge in [-0.05, 0) is 43.3 Å². The average Bonchev–Trinajstić information content (AvgIpc) is 2.74. The highest BCUT2D eigenvalue weighted by atomic mass is 32.2. The van der Waals surface area contributed by atoms with Crippen LogP contribution in [0.2, 0.25) is 0 Å². The molecule has 0 aliphatic carbocycles. The predicted octanol–water partition coefficient (Wildman–Crippen LogP) is 4.05. The van der Waals surface area contributed by atoms with Crippen LogP contribution in [0.3, 0.4) is 0 Å². The van der Waals surface area contributed by atoms with Crippen molar-refractivity contribution in [2.45, 2.75) is 17.9 Å². The second-order valence-electron chi connectivity index (χ2n) is 6.38. The molecule has 1 atom stereocenters. The Balaban J connectivity index is 1.80. The third-order valence-corrected chi connectivity index (χ3v) is 5.61. The lowest BCUT2D eigenvalue weighted by atomic mass is 10.1. The molecule has 0 saturated heterocycles. The van der Waals surface area contributed by atoms with Gasteiger partial charge in [0, 0.05) is 5.56 Å². The van der Waals surface area contributed by atoms with Crippen molar-refractivity contribution >= 4 is 27.5 Å². The number of ether oxygens (including phenoxy) is 1. The fourth-order valence-corrected chi connectivity index (χ4v) is 3.76. The summed E-state index contributed by atoms with van der Waals surface area (Å²) < 4.78 is 45.8. The summed E-state index contributed by atoms with van der Waals surface area (Å²) in [5.74, 6) is -1.81. The molecule has 0 bridgehead atoms. The lowest BCUT2D eigenvalue weighted by Gasteiger charge is -2.15. The van der Waals surface area contributed by atoms with E-state index in [1.54, 1.807) is 30.3 Å². The number of carbonyl (C=O) groups excluding carboxylic acids is 2. The number of rotatable bonds is 7. The largest absolute Gasteiger partial charge is 0.451 e. The van der Waals surface area contributed by atoms with Gasteiger partial charge in [0.2, 0.25) is 5.78 Å². The molecule has 3 aromatic rings. The first-order valence-corrected chi connectivity index (χ1v) is 10.4. The van der Waals surface area contributed by atoms with Gasteiger partial charge in [-0.15, -0.1) is 0 Å². The fourth-order valence-electron chi connectivity index (χ4n) is 2.68. The number of anilines is 1. The maximum atomic E-state index is 13.1. The molecule has 0 amide bonds. The lowest BCUT2D eigenvalue weighted by molar-refractivity contribution is 0.0320. The Morgan fingerprint density at radius 1 is 0.900 bits per heavy atom. The van der Waals surface area contributed by atoms with Crippen LogP contribution in [0.25, 0.3) is 0 Å². The van der Waals surface area contributed by atoms with Crippen molar-refractivity contribution in [3.8, 4) is 0 Å². The summed E-state index contributed by atoms with van der Waals surface area (Å²) in [4.78, 5) is 24.9. The maximum Gasteiger partial charge on any atom is 0.340 e. The number of halogens is 1. The standard InChI is InChI=1S/C22H18FNO5S/c1-15(21(25)16-7-3-2-4-8-16)29-22(26)19-9-5-6-10-20(19)24-30(27,28)18-13-11-17(23)12-14-18/h2-15,24H,1H3. The molecule has 0 radical (unpaired) electrons. The fraction of sp³-hybridized carbons (Fsp3) is 0.0909. The molecule has 154 valence electrons. The molecule has 0 fully saturated rings. The molecular formula is C22H18FNO5S. The van der Waals surface area contributed by atoms with Crippen LogP contribution in [0, 0.1) is 5.82 Å². The van der Waals surface area contributed by atoms with Crippen LogP contribution in [0.5, 0.6) is 0 Å². The van der Waals surface area contributed by atoms with Gasteiger partial charge in [-0.2, -0.15) is 0 Å². The molecule has 3 aromatic carbocycles. The Morgan fingerprint density at radius 2 is 1.50 bits per heavy atom. The summed E-state index contributed by atoms with van der Waals surface area (Å²) in [5.41, 5.74) is 0.310. The average molecular weight is 427 g/mol. The van der Waals surface area contributed by atoms with Gasteiger partial charge in [0.15, 0.2) is 6.10 Å². The number of sulfonamides is 1. The normalized spacial score (nSPS) is 12.1. The molecule has 30 heavy (non-hydrogen) atoms. The smallest absolute Gasteiger partial charge is 0.340 e. The molecule has 3 rings (SSSR count). The second kappa shape index (κ2) is 8.87. The Kier molecular flexibility index (Phi) is 6.27. The zero-order valence-electron chi connectivity index (χ0n) is 15.9. The number of carbonyl (C=O) groups is 2. The lowest BCUT2D eigenvalue weighted by Crippen LogP contribution is -2.25. The first-order chi connectivity index (χ1) is 14.3. The minimum Gasteiger partial charge on any atom is -0.451 e. The van der Waals surface area contributed by atoms with Crippen LogP contribution in [0.15, 0.2) is 83.8 Å². The predicted molar refractivity (Wildman–Crippen MR) is 109 cm³/mol. The zero-order valence-corrected chi connectivity index (χ0v) is 16.7. The van der Waals surface area contributed by atoms with E-state index in [1.165, 1.54) is 31.2 Å². The van der Waals surface area contributed by atoms with Crippen molar-refractivity contribution in [2.24, 2.45) is 0 Å². The van der Waals surface area contributed by atoms with E-state index in [9.17, 15) is 22.4 Å². The summed E-state index contributed by atoms with van der Waals surface area (Å²) in [5, 5.41) is 0. The van der Waals surface area contributed by atoms with E-state index in [2.05, 4.69) is 4.72 Å². The molecule has 0 heterocycles. The van der Waals surface area contributed by atoms with Crippen LogP contribution in [0.4, 0.5) is 10.1 Å². The van der Waals surface area contributed by atoms with E-state index >= 15 is 0 Å². The van der Waals surface area contributed by atoms with Gasteiger partial charge in [0.05, 0.1) is 16.1 Å². The number of hydrogen-bond acceptors (Lipinski definition) is 5. The molecule has 0 aliphatic rings. The summed E-state index contributed by atoms with van der Waals surface area (Å²) >= 11 is 0. The molecule has 1 N–H and O–H groups in total. The highest BCUT2D eigenvalue weighted by Crippen LogP contribution is 2.22. The van der Waals surface area contributed by atoms with E-state index in [0.29, 0.717) is 5.56 Å². The van der Waals surface area contributed by atoms with Crippen LogP contribution >= 0.6 is 0 Å². The van der Waals surface area contributed by atoms with Gasteiger partial charge in [-0.25, -0.2) is 17.6 Å². The molecule has 0 saturated carbocycles. The molecule has 1 unspecified atom stereocenters. The molecule has 6 nitrogen and oxygen atoms in total. The zero-order chi connectivity index (χ0) is 21.7. The van der Waals surface area contributed by atoms with E-state index in [-0.39, 0.29) is 21.9 Å². The van der Waals surface area contributed by atoms with Crippen LogP contribution in [-0.4, -0.2) is 26.3 Å². The number of hydrogen-bond donors (Lipinski definition) is 1. The number of ketones is 1. The van der Waals surface area contributed by atoms with Gasteiger partial charge in [0.25, 0.3) is 10.0 Å². The van der Waals surface area contributed by atoms with Crippen molar-refractivity contribution in [1.82, 2.24) is 0 Å². The number of benzene rings is 3. The van der Waals surface area contributed by atoms with Gasteiger partial charge in [-0.1, -0.05) is 42.5 Å². The number of Topliss-reactive ketones (excluding diaryl/α,β-unsaturated/α-hetero) is 1. The first-order valence-electron chi connectivity index (χ1n) is 8.95. The monoisotopic (exact) mass is 427 g/mol. The van der Waals surface area contributed by atoms with Gasteiger partial charge >= 0.3 is 5.97 Å². The van der Waals surface area contributed by atoms with Gasteiger partial charge in [0.1, 0.15) is 5.82 Å². The highest BCUT2D eigenvalue weighted by Gasteiger charge is 2.23. The van der Waals surface area contributed by atoms with Gasteiger partial charge < -0.3 is 4.74 Å². The third-order valence-electron chi connectivity index (χ3n) is 4.23. The van der Waals surface area contributed by atoms with Crippen LogP contribution in [0.1, 0.15) is 27.6 Å². The van der Waals surface area contributed by atoms with E-state index < -0.39 is 27.9 Å². The highest BCUT2D eigenvalue weighted by molar-refractivity contribution is 7.92. The SMILES string of the molecule is CC(OC(=O)c1ccccc1NS(=O)(=O)c1ccc(F)cc1)C(=O)c1ccccc1. The van der Waals surface area contributed by atoms with Gasteiger partial charge in [-0.3, -0.25) is 9.52 Å². The maximum absolute atomic E-state index is 13.1. The third kappa shape index (κ3) is 4.90. The number of esters is 1. The minimum atomic E-state index is -4.07. The molecule has 8 heteroatoms. The van der Waals surface area contributed by atoms with E-state index in [0.717, 1.165) is 24.3 Å². The molecule has 0 aromatic heterocycles. The summed E-state index contributed by atoms with van der Waals surface area (Å²) in [6, 6.07) is 18.5. The molecule has 0 spiro atoms. The first kappa shape index (κ1) is 21.2. The Morgan fingerprint density at radius 3 is 2.17 bits per heavy atom. The second-order valence-corrected chi connectivity index (χ2v) is 8.07. The Bertz CT molecular complexity index is 1160. The van der Waals surface area contributed by atoms with Crippen molar-refractivity contribution < 1.29 is 27.1 Å². The van der Waals surface area contributed by atoms with Crippen molar-refractivity contribution in [2.75, 3.05) is 4.72 Å². The Hall–Kier alpha value is -3.52. The van der Waals surface area contributed by atoms with Crippen molar-refractivity contribution in [1.29, 1.82) is 0 Å². The topological polar surface area (TPSA) is 89.5 Å². The molecular weight excluding hydrogens is 409 g/mol. The van der Waals surface area contributed by atoms with E-state index in [1.807, 2.05) is 0 Å². The summed E-state index contributed by atoms with van der Waals surface area (Å²) in [6.45, 7) is 1.44. The van der Waals surface area contributed by atoms with Crippen LogP contribution in [-0.2, 0) is 14.8 Å². The molecule has 0 aliphatic heterocycles. The number of nitrogens with one attached hydrogen (secondary N) is 1. The minimum absolute atomic E-state index is 0.0221. The summed E-state index contributed by atoms with van der Waals surface area (Å²) in [6.07, 6.45) is -1.07. The van der Waals surface area contributed by atoms with E-state index in [4.69, 9.17) is 4.74 Å².